The smallest absolute Gasteiger partial charge is 0.282 e. The molecule has 1 saturated heterocycles. The Morgan fingerprint density at radius 1 is 1.10 bits per heavy atom. The second-order valence-corrected chi connectivity index (χ2v) is 7.49. The highest BCUT2D eigenvalue weighted by atomic mass is 35.5. The van der Waals surface area contributed by atoms with E-state index in [0.29, 0.717) is 22.2 Å². The van der Waals surface area contributed by atoms with E-state index in [1.54, 1.807) is 35.0 Å². The van der Waals surface area contributed by atoms with Crippen molar-refractivity contribution in [2.24, 2.45) is 0 Å². The average molecular weight is 424 g/mol. The average Bonchev–Trinajstić information content (AvgIpc) is 3.37. The van der Waals surface area contributed by atoms with Gasteiger partial charge in [0, 0.05) is 17.8 Å². The molecule has 30 heavy (non-hydrogen) atoms. The molecule has 1 atom stereocenters. The summed E-state index contributed by atoms with van der Waals surface area (Å²) in [5.41, 5.74) is 13.4. The molecule has 1 fully saturated rings. The summed E-state index contributed by atoms with van der Waals surface area (Å²) in [6.45, 7) is 0.723. The number of nitrogens with two attached hydrogens (primary N) is 2. The Labute approximate surface area is 175 Å². The zero-order valence-corrected chi connectivity index (χ0v) is 16.6. The molecule has 1 aliphatic rings. The molecule has 4 aromatic rings. The molecular weight excluding hydrogens is 406 g/mol. The Hall–Kier alpha value is -3.66. The summed E-state index contributed by atoms with van der Waals surface area (Å²) in [5, 5.41) is 4.86. The number of benzene rings is 1. The SMILES string of the molecule is Nc1nc(N)nc(N2CCCC2c2ccc(Cl)cc2-n2cnn3cccc3c2=O)n1. The number of nitrogens with zero attached hydrogens (tertiary/aromatic N) is 7. The van der Waals surface area contributed by atoms with Gasteiger partial charge in [-0.3, -0.25) is 9.36 Å². The van der Waals surface area contributed by atoms with Crippen LogP contribution in [0, 0.1) is 0 Å². The van der Waals surface area contributed by atoms with Crippen molar-refractivity contribution >= 4 is 35.0 Å². The Balaban J connectivity index is 1.66. The molecule has 4 N–H and O–H groups in total. The maximum Gasteiger partial charge on any atom is 0.282 e. The number of rotatable bonds is 3. The van der Waals surface area contributed by atoms with E-state index in [2.05, 4.69) is 20.1 Å². The molecule has 0 aliphatic carbocycles. The summed E-state index contributed by atoms with van der Waals surface area (Å²) in [6.07, 6.45) is 5.00. The molecule has 11 heteroatoms. The number of aromatic nitrogens is 6. The highest BCUT2D eigenvalue weighted by Gasteiger charge is 2.31. The molecule has 152 valence electrons. The monoisotopic (exact) mass is 423 g/mol. The van der Waals surface area contributed by atoms with Crippen LogP contribution < -0.4 is 21.9 Å². The van der Waals surface area contributed by atoms with E-state index in [4.69, 9.17) is 23.1 Å². The van der Waals surface area contributed by atoms with Crippen molar-refractivity contribution in [3.05, 3.63) is 63.8 Å². The molecule has 3 aromatic heterocycles. The fourth-order valence-corrected chi connectivity index (χ4v) is 4.13. The highest BCUT2D eigenvalue weighted by molar-refractivity contribution is 6.30. The summed E-state index contributed by atoms with van der Waals surface area (Å²) in [7, 11) is 0. The van der Waals surface area contributed by atoms with E-state index < -0.39 is 0 Å². The third kappa shape index (κ3) is 3.01. The van der Waals surface area contributed by atoms with E-state index in [-0.39, 0.29) is 23.5 Å². The molecule has 0 amide bonds. The summed E-state index contributed by atoms with van der Waals surface area (Å²) < 4.78 is 3.06. The molecule has 1 aromatic carbocycles. The first-order valence-corrected chi connectivity index (χ1v) is 9.77. The van der Waals surface area contributed by atoms with E-state index in [1.165, 1.54) is 10.9 Å². The van der Waals surface area contributed by atoms with Crippen LogP contribution in [-0.2, 0) is 0 Å². The predicted molar refractivity (Wildman–Crippen MR) is 114 cm³/mol. The molecule has 0 spiro atoms. The van der Waals surface area contributed by atoms with E-state index >= 15 is 0 Å². The molecule has 0 radical (unpaired) electrons. The topological polar surface area (TPSA) is 133 Å². The van der Waals surface area contributed by atoms with Crippen molar-refractivity contribution in [3.8, 4) is 5.69 Å². The third-order valence-electron chi connectivity index (χ3n) is 5.24. The number of halogens is 1. The quantitative estimate of drug-likeness (QED) is 0.509. The second kappa shape index (κ2) is 6.99. The van der Waals surface area contributed by atoms with Crippen LogP contribution in [0.1, 0.15) is 24.4 Å². The van der Waals surface area contributed by atoms with Gasteiger partial charge in [0.25, 0.3) is 5.56 Å². The number of nitrogen functional groups attached to an aromatic ring is 2. The van der Waals surface area contributed by atoms with Gasteiger partial charge in [-0.2, -0.15) is 20.1 Å². The molecule has 4 heterocycles. The van der Waals surface area contributed by atoms with Gasteiger partial charge >= 0.3 is 0 Å². The minimum Gasteiger partial charge on any atom is -0.368 e. The lowest BCUT2D eigenvalue weighted by atomic mass is 10.0. The van der Waals surface area contributed by atoms with Gasteiger partial charge in [-0.05, 0) is 42.7 Å². The minimum absolute atomic E-state index is 0.0681. The van der Waals surface area contributed by atoms with Crippen LogP contribution in [0.15, 0.2) is 47.7 Å². The number of hydrogen-bond acceptors (Lipinski definition) is 8. The Morgan fingerprint density at radius 3 is 2.70 bits per heavy atom. The maximum absolute atomic E-state index is 13.1. The molecule has 5 rings (SSSR count). The zero-order chi connectivity index (χ0) is 20.8. The molecule has 10 nitrogen and oxygen atoms in total. The molecule has 0 saturated carbocycles. The van der Waals surface area contributed by atoms with E-state index in [0.717, 1.165) is 24.9 Å². The predicted octanol–water partition coefficient (Wildman–Crippen LogP) is 1.83. The largest absolute Gasteiger partial charge is 0.368 e. The highest BCUT2D eigenvalue weighted by Crippen LogP contribution is 2.38. The van der Waals surface area contributed by atoms with Crippen LogP contribution in [0.5, 0.6) is 0 Å². The molecule has 1 unspecified atom stereocenters. The molecule has 0 bridgehead atoms. The van der Waals surface area contributed by atoms with Crippen molar-refractivity contribution in [2.45, 2.75) is 18.9 Å². The van der Waals surface area contributed by atoms with Gasteiger partial charge in [0.15, 0.2) is 0 Å². The Kier molecular flexibility index (Phi) is 4.28. The van der Waals surface area contributed by atoms with Gasteiger partial charge in [0.1, 0.15) is 11.8 Å². The van der Waals surface area contributed by atoms with Gasteiger partial charge in [-0.25, -0.2) is 4.52 Å². The van der Waals surface area contributed by atoms with E-state index in [9.17, 15) is 4.79 Å². The van der Waals surface area contributed by atoms with Gasteiger partial charge in [0.05, 0.1) is 11.7 Å². The van der Waals surface area contributed by atoms with Gasteiger partial charge in [-0.15, -0.1) is 0 Å². The number of anilines is 3. The van der Waals surface area contributed by atoms with Gasteiger partial charge < -0.3 is 16.4 Å². The van der Waals surface area contributed by atoms with Crippen molar-refractivity contribution < 1.29 is 0 Å². The molecule has 1 aliphatic heterocycles. The first-order valence-electron chi connectivity index (χ1n) is 9.40. The second-order valence-electron chi connectivity index (χ2n) is 7.05. The fraction of sp³-hybridized carbons (Fsp3) is 0.211. The number of fused-ring (bicyclic) bond motifs is 1. The lowest BCUT2D eigenvalue weighted by Crippen LogP contribution is -2.28. The minimum atomic E-state index is -0.184. The number of hydrogen-bond donors (Lipinski definition) is 2. The fourth-order valence-electron chi connectivity index (χ4n) is 3.96. The first-order chi connectivity index (χ1) is 14.5. The van der Waals surface area contributed by atoms with Gasteiger partial charge in [0.2, 0.25) is 17.8 Å². The van der Waals surface area contributed by atoms with Crippen LogP contribution in [0.3, 0.4) is 0 Å². The third-order valence-corrected chi connectivity index (χ3v) is 5.47. The van der Waals surface area contributed by atoms with Crippen LogP contribution >= 0.6 is 11.6 Å². The normalized spacial score (nSPS) is 16.4. The zero-order valence-electron chi connectivity index (χ0n) is 15.8. The van der Waals surface area contributed by atoms with Crippen LogP contribution in [0.25, 0.3) is 11.2 Å². The van der Waals surface area contributed by atoms with Crippen LogP contribution in [0.4, 0.5) is 17.8 Å². The summed E-state index contributed by atoms with van der Waals surface area (Å²) in [6, 6.07) is 8.92. The van der Waals surface area contributed by atoms with Gasteiger partial charge in [-0.1, -0.05) is 17.7 Å². The Morgan fingerprint density at radius 2 is 1.90 bits per heavy atom. The van der Waals surface area contributed by atoms with Crippen molar-refractivity contribution in [1.82, 2.24) is 29.1 Å². The first kappa shape index (κ1) is 18.4. The Bertz CT molecular complexity index is 1290. The maximum atomic E-state index is 13.1. The summed E-state index contributed by atoms with van der Waals surface area (Å²) >= 11 is 6.30. The van der Waals surface area contributed by atoms with Crippen molar-refractivity contribution in [1.29, 1.82) is 0 Å². The lowest BCUT2D eigenvalue weighted by molar-refractivity contribution is 0.691. The van der Waals surface area contributed by atoms with Crippen molar-refractivity contribution in [2.75, 3.05) is 22.9 Å². The summed E-state index contributed by atoms with van der Waals surface area (Å²) in [5.74, 6) is 0.549. The molecular formula is C19H18ClN9O. The standard InChI is InChI=1S/C19H18ClN9O/c20-11-5-6-12(13-3-1-7-27(13)19-25-17(21)24-18(22)26-19)15(9-11)28-10-23-29-8-2-4-14(29)16(28)30/h2,4-6,8-10,13H,1,3,7H2,(H4,21,22,24,25,26). The van der Waals surface area contributed by atoms with Crippen LogP contribution in [0.2, 0.25) is 5.02 Å². The van der Waals surface area contributed by atoms with E-state index in [1.807, 2.05) is 11.0 Å². The van der Waals surface area contributed by atoms with Crippen LogP contribution in [-0.4, -0.2) is 35.7 Å². The van der Waals surface area contributed by atoms with Crippen molar-refractivity contribution in [3.63, 3.8) is 0 Å². The summed E-state index contributed by atoms with van der Waals surface area (Å²) in [4.78, 5) is 27.5. The lowest BCUT2D eigenvalue weighted by Gasteiger charge is -2.27.